The van der Waals surface area contributed by atoms with Gasteiger partial charge in [0.2, 0.25) is 0 Å². The van der Waals surface area contributed by atoms with Crippen LogP contribution in [0.4, 0.5) is 0 Å². The Hall–Kier alpha value is -2.21. The number of aromatic nitrogens is 1. The Morgan fingerprint density at radius 2 is 2.05 bits per heavy atom. The maximum absolute atomic E-state index is 12.2. The third-order valence-corrected chi connectivity index (χ3v) is 3.95. The van der Waals surface area contributed by atoms with Crippen LogP contribution < -0.4 is 11.3 Å². The zero-order chi connectivity index (χ0) is 14.9. The van der Waals surface area contributed by atoms with Crippen LogP contribution in [0.2, 0.25) is 0 Å². The second-order valence-corrected chi connectivity index (χ2v) is 5.49. The third kappa shape index (κ3) is 2.55. The van der Waals surface area contributed by atoms with Crippen molar-refractivity contribution in [3.8, 4) is 0 Å². The summed E-state index contributed by atoms with van der Waals surface area (Å²) < 4.78 is 1.20. The van der Waals surface area contributed by atoms with Crippen molar-refractivity contribution in [3.05, 3.63) is 55.1 Å². The molecule has 0 aromatic carbocycles. The molecule has 0 unspecified atom stereocenters. The van der Waals surface area contributed by atoms with Gasteiger partial charge in [-0.1, -0.05) is 0 Å². The molecule has 2 heterocycles. The monoisotopic (exact) mass is 289 g/mol. The molecule has 0 bridgehead atoms. The Morgan fingerprint density at radius 3 is 2.60 bits per heavy atom. The van der Waals surface area contributed by atoms with Crippen molar-refractivity contribution in [2.24, 2.45) is 10.8 Å². The molecular formula is C14H15N3O2S. The zero-order valence-electron chi connectivity index (χ0n) is 11.5. The fourth-order valence-corrected chi connectivity index (χ4v) is 2.73. The normalized spacial score (nSPS) is 11.2. The van der Waals surface area contributed by atoms with Gasteiger partial charge in [0.05, 0.1) is 11.1 Å². The molecule has 5 nitrogen and oxygen atoms in total. The summed E-state index contributed by atoms with van der Waals surface area (Å²) in [6.45, 7) is 5.42. The highest BCUT2D eigenvalue weighted by molar-refractivity contribution is 7.11. The molecule has 0 aliphatic rings. The number of hydrogen-bond acceptors (Lipinski definition) is 4. The van der Waals surface area contributed by atoms with Crippen LogP contribution in [0.1, 0.15) is 32.1 Å². The highest BCUT2D eigenvalue weighted by atomic mass is 32.1. The lowest BCUT2D eigenvalue weighted by Gasteiger charge is -2.08. The summed E-state index contributed by atoms with van der Waals surface area (Å²) in [4.78, 5) is 24.6. The molecule has 2 aromatic heterocycles. The lowest BCUT2D eigenvalue weighted by atomic mass is 10.1. The Labute approximate surface area is 120 Å². The lowest BCUT2D eigenvalue weighted by molar-refractivity contribution is 0.0997. The number of nitrogens with two attached hydrogens (primary N) is 1. The number of hydrogen-bond donors (Lipinski definition) is 1. The van der Waals surface area contributed by atoms with E-state index in [1.54, 1.807) is 26.1 Å². The van der Waals surface area contributed by atoms with Crippen molar-refractivity contribution in [2.45, 2.75) is 20.8 Å². The van der Waals surface area contributed by atoms with Crippen molar-refractivity contribution in [1.29, 1.82) is 0 Å². The fourth-order valence-electron chi connectivity index (χ4n) is 1.95. The van der Waals surface area contributed by atoms with Crippen LogP contribution >= 0.6 is 11.3 Å². The molecule has 2 rings (SSSR count). The van der Waals surface area contributed by atoms with E-state index in [2.05, 4.69) is 5.10 Å². The summed E-state index contributed by atoms with van der Waals surface area (Å²) in [5, 5.41) is 6.13. The van der Waals surface area contributed by atoms with Crippen LogP contribution in [-0.4, -0.2) is 16.8 Å². The first kappa shape index (κ1) is 14.2. The fraction of sp³-hybridized carbons (Fsp3) is 0.214. The first-order valence-electron chi connectivity index (χ1n) is 6.03. The number of rotatable bonds is 3. The summed E-state index contributed by atoms with van der Waals surface area (Å²) in [6.07, 6.45) is 1.62. The summed E-state index contributed by atoms with van der Waals surface area (Å²) >= 11 is 1.54. The second kappa shape index (κ2) is 5.42. The number of pyridine rings is 1. The van der Waals surface area contributed by atoms with E-state index in [1.165, 1.54) is 16.0 Å². The topological polar surface area (TPSA) is 77.5 Å². The predicted octanol–water partition coefficient (Wildman–Crippen LogP) is 1.82. The van der Waals surface area contributed by atoms with Gasteiger partial charge in [-0.3, -0.25) is 9.59 Å². The maximum atomic E-state index is 12.2. The van der Waals surface area contributed by atoms with Crippen LogP contribution in [0.5, 0.6) is 0 Å². The van der Waals surface area contributed by atoms with E-state index in [-0.39, 0.29) is 5.56 Å². The van der Waals surface area contributed by atoms with Crippen molar-refractivity contribution < 1.29 is 4.79 Å². The molecule has 0 aliphatic carbocycles. The molecule has 0 spiro atoms. The third-order valence-electron chi connectivity index (χ3n) is 3.00. The van der Waals surface area contributed by atoms with Gasteiger partial charge in [-0.05, 0) is 49.4 Å². The van der Waals surface area contributed by atoms with Crippen molar-refractivity contribution >= 4 is 23.5 Å². The number of nitrogens with zero attached hydrogens (tertiary/aromatic N) is 2. The highest BCUT2D eigenvalue weighted by Gasteiger charge is 2.14. The lowest BCUT2D eigenvalue weighted by Crippen LogP contribution is -2.30. The molecule has 6 heteroatoms. The second-order valence-electron chi connectivity index (χ2n) is 4.54. The molecule has 2 aromatic rings. The van der Waals surface area contributed by atoms with Gasteiger partial charge in [-0.2, -0.15) is 5.10 Å². The molecule has 104 valence electrons. The van der Waals surface area contributed by atoms with Gasteiger partial charge in [-0.25, -0.2) is 4.68 Å². The number of primary amides is 1. The average Bonchev–Trinajstić information content (AvgIpc) is 2.73. The van der Waals surface area contributed by atoms with Gasteiger partial charge >= 0.3 is 0 Å². The highest BCUT2D eigenvalue weighted by Crippen LogP contribution is 2.13. The molecule has 0 saturated heterocycles. The molecule has 1 amide bonds. The Balaban J connectivity index is 2.55. The van der Waals surface area contributed by atoms with E-state index in [9.17, 15) is 9.59 Å². The summed E-state index contributed by atoms with van der Waals surface area (Å²) in [5.41, 5.74) is 7.06. The van der Waals surface area contributed by atoms with Crippen molar-refractivity contribution in [3.63, 3.8) is 0 Å². The van der Waals surface area contributed by atoms with Crippen LogP contribution in [0, 0.1) is 20.8 Å². The molecule has 0 saturated carbocycles. The Kier molecular flexibility index (Phi) is 3.85. The molecule has 0 atom stereocenters. The van der Waals surface area contributed by atoms with Gasteiger partial charge in [0.25, 0.3) is 11.5 Å². The number of aryl methyl sites for hydroxylation is 3. The van der Waals surface area contributed by atoms with Crippen molar-refractivity contribution in [1.82, 2.24) is 4.68 Å². The largest absolute Gasteiger partial charge is 0.365 e. The molecule has 0 aliphatic heterocycles. The van der Waals surface area contributed by atoms with E-state index in [0.29, 0.717) is 11.3 Å². The molecule has 2 N–H and O–H groups in total. The van der Waals surface area contributed by atoms with E-state index in [4.69, 9.17) is 5.73 Å². The Bertz CT molecular complexity index is 756. The standard InChI is InChI=1S/C14H15N3O2S/c1-8-4-5-20-11(8)7-16-17-10(3)6-9(2)12(13(15)18)14(17)19/h4-7H,1-3H3,(H2,15,18)/b16-7+. The molecule has 20 heavy (non-hydrogen) atoms. The quantitative estimate of drug-likeness (QED) is 0.875. The van der Waals surface area contributed by atoms with E-state index < -0.39 is 11.5 Å². The van der Waals surface area contributed by atoms with E-state index >= 15 is 0 Å². The smallest absolute Gasteiger partial charge is 0.284 e. The van der Waals surface area contributed by atoms with Crippen LogP contribution in [0.25, 0.3) is 0 Å². The number of thiophene rings is 1. The predicted molar refractivity (Wildman–Crippen MR) is 80.7 cm³/mol. The number of carbonyl (C=O) groups excluding carboxylic acids is 1. The minimum Gasteiger partial charge on any atom is -0.365 e. The first-order valence-corrected chi connectivity index (χ1v) is 6.91. The SMILES string of the molecule is Cc1ccsc1/C=N/n1c(C)cc(C)c(C(N)=O)c1=O. The van der Waals surface area contributed by atoms with Crippen LogP contribution in [-0.2, 0) is 0 Å². The first-order chi connectivity index (χ1) is 9.41. The minimum atomic E-state index is -0.733. The van der Waals surface area contributed by atoms with Gasteiger partial charge in [0.1, 0.15) is 5.56 Å². The van der Waals surface area contributed by atoms with Crippen molar-refractivity contribution in [2.75, 3.05) is 0 Å². The summed E-state index contributed by atoms with van der Waals surface area (Å²) in [6, 6.07) is 3.70. The summed E-state index contributed by atoms with van der Waals surface area (Å²) in [7, 11) is 0. The average molecular weight is 289 g/mol. The van der Waals surface area contributed by atoms with E-state index in [0.717, 1.165) is 10.4 Å². The minimum absolute atomic E-state index is 0.0179. The van der Waals surface area contributed by atoms with E-state index in [1.807, 2.05) is 18.4 Å². The van der Waals surface area contributed by atoms with Gasteiger partial charge in [0, 0.05) is 5.69 Å². The maximum Gasteiger partial charge on any atom is 0.284 e. The van der Waals surface area contributed by atoms with Gasteiger partial charge < -0.3 is 5.73 Å². The zero-order valence-corrected chi connectivity index (χ0v) is 12.3. The van der Waals surface area contributed by atoms with Crippen LogP contribution in [0.15, 0.2) is 27.4 Å². The van der Waals surface area contributed by atoms with Gasteiger partial charge in [0.15, 0.2) is 0 Å². The number of carbonyl (C=O) groups is 1. The van der Waals surface area contributed by atoms with Crippen LogP contribution in [0.3, 0.4) is 0 Å². The summed E-state index contributed by atoms with van der Waals surface area (Å²) in [5.74, 6) is -0.733. The van der Waals surface area contributed by atoms with Gasteiger partial charge in [-0.15, -0.1) is 11.3 Å². The molecule has 0 radical (unpaired) electrons. The number of amides is 1. The molecular weight excluding hydrogens is 274 g/mol. The Morgan fingerprint density at radius 1 is 1.35 bits per heavy atom. The molecule has 0 fully saturated rings.